The molecular formula is C10H10BrN3O2. The lowest BCUT2D eigenvalue weighted by Crippen LogP contribution is -1.99. The van der Waals surface area contributed by atoms with Crippen LogP contribution in [-0.2, 0) is 11.2 Å². The highest BCUT2D eigenvalue weighted by molar-refractivity contribution is 9.10. The molecule has 16 heavy (non-hydrogen) atoms. The van der Waals surface area contributed by atoms with E-state index in [1.54, 1.807) is 4.52 Å². The van der Waals surface area contributed by atoms with E-state index in [9.17, 15) is 4.79 Å². The first-order valence-corrected chi connectivity index (χ1v) is 5.59. The first-order chi connectivity index (χ1) is 7.56. The predicted molar refractivity (Wildman–Crippen MR) is 61.4 cm³/mol. The van der Waals surface area contributed by atoms with E-state index in [0.29, 0.717) is 17.9 Å². The number of aromatic nitrogens is 3. The van der Waals surface area contributed by atoms with Crippen LogP contribution in [0.5, 0.6) is 0 Å². The molecule has 0 bridgehead atoms. The van der Waals surface area contributed by atoms with Gasteiger partial charge < -0.3 is 5.11 Å². The maximum absolute atomic E-state index is 10.4. The number of hydrogen-bond donors (Lipinski definition) is 1. The van der Waals surface area contributed by atoms with Crippen molar-refractivity contribution in [1.82, 2.24) is 14.6 Å². The van der Waals surface area contributed by atoms with Crippen LogP contribution in [0.2, 0.25) is 0 Å². The number of carboxylic acid groups (broad SMARTS) is 1. The first-order valence-electron chi connectivity index (χ1n) is 4.79. The number of hydrogen-bond acceptors (Lipinski definition) is 3. The molecule has 5 nitrogen and oxygen atoms in total. The van der Waals surface area contributed by atoms with E-state index < -0.39 is 5.97 Å². The smallest absolute Gasteiger partial charge is 0.303 e. The molecule has 2 aromatic rings. The molecule has 0 saturated carbocycles. The van der Waals surface area contributed by atoms with Gasteiger partial charge in [-0.15, -0.1) is 0 Å². The summed E-state index contributed by atoms with van der Waals surface area (Å²) in [6.45, 7) is 1.96. The van der Waals surface area contributed by atoms with Gasteiger partial charge in [0, 0.05) is 12.6 Å². The number of halogens is 1. The van der Waals surface area contributed by atoms with Crippen LogP contribution in [0.1, 0.15) is 17.8 Å². The summed E-state index contributed by atoms with van der Waals surface area (Å²) in [5.41, 5.74) is 1.78. The van der Waals surface area contributed by atoms with Gasteiger partial charge in [-0.2, -0.15) is 5.10 Å². The summed E-state index contributed by atoms with van der Waals surface area (Å²) < 4.78 is 2.53. The number of aliphatic carboxylic acids is 1. The highest BCUT2D eigenvalue weighted by atomic mass is 79.9. The van der Waals surface area contributed by atoms with Crippen LogP contribution in [0, 0.1) is 6.92 Å². The molecule has 0 aliphatic heterocycles. The molecule has 1 N–H and O–H groups in total. The summed E-state index contributed by atoms with van der Waals surface area (Å²) in [5.74, 6) is -0.289. The van der Waals surface area contributed by atoms with Gasteiger partial charge in [-0.05, 0) is 34.5 Å². The Morgan fingerprint density at radius 1 is 1.62 bits per heavy atom. The van der Waals surface area contributed by atoms with Crippen molar-refractivity contribution in [1.29, 1.82) is 0 Å². The Balaban J connectivity index is 2.36. The van der Waals surface area contributed by atoms with Gasteiger partial charge in [-0.1, -0.05) is 0 Å². The molecule has 2 aromatic heterocycles. The predicted octanol–water partition coefficient (Wildman–Crippen LogP) is 1.82. The third kappa shape index (κ3) is 2.21. The van der Waals surface area contributed by atoms with E-state index in [-0.39, 0.29) is 6.42 Å². The standard InChI is InChI=1S/C10H10BrN3O2/c1-6-4-7(11)10-12-8(2-3-9(15)16)13-14(10)5-6/h4-5H,2-3H2,1H3,(H,15,16). The Morgan fingerprint density at radius 3 is 3.06 bits per heavy atom. The molecule has 0 spiro atoms. The quantitative estimate of drug-likeness (QED) is 0.933. The van der Waals surface area contributed by atoms with Gasteiger partial charge >= 0.3 is 5.97 Å². The van der Waals surface area contributed by atoms with Crippen molar-refractivity contribution in [2.45, 2.75) is 19.8 Å². The van der Waals surface area contributed by atoms with E-state index in [1.807, 2.05) is 19.2 Å². The normalized spacial score (nSPS) is 10.9. The summed E-state index contributed by atoms with van der Waals surface area (Å²) in [7, 11) is 0. The van der Waals surface area contributed by atoms with Gasteiger partial charge in [0.2, 0.25) is 0 Å². The average Bonchev–Trinajstić information content (AvgIpc) is 2.57. The lowest BCUT2D eigenvalue weighted by atomic mass is 10.3. The summed E-state index contributed by atoms with van der Waals surface area (Å²) in [4.78, 5) is 14.7. The molecule has 2 rings (SSSR count). The maximum Gasteiger partial charge on any atom is 0.303 e. The molecule has 0 aliphatic rings. The highest BCUT2D eigenvalue weighted by Gasteiger charge is 2.08. The van der Waals surface area contributed by atoms with Crippen molar-refractivity contribution >= 4 is 27.5 Å². The molecule has 0 amide bonds. The van der Waals surface area contributed by atoms with Crippen molar-refractivity contribution < 1.29 is 9.90 Å². The number of nitrogens with zero attached hydrogens (tertiary/aromatic N) is 3. The van der Waals surface area contributed by atoms with Crippen LogP contribution in [0.25, 0.3) is 5.65 Å². The fraction of sp³-hybridized carbons (Fsp3) is 0.300. The minimum Gasteiger partial charge on any atom is -0.481 e. The highest BCUT2D eigenvalue weighted by Crippen LogP contribution is 2.18. The van der Waals surface area contributed by atoms with Crippen molar-refractivity contribution in [3.8, 4) is 0 Å². The summed E-state index contributed by atoms with van der Waals surface area (Å²) in [6.07, 6.45) is 2.26. The lowest BCUT2D eigenvalue weighted by Gasteiger charge is -1.96. The SMILES string of the molecule is Cc1cc(Br)c2nc(CCC(=O)O)nn2c1. The number of aryl methyl sites for hydroxylation is 2. The van der Waals surface area contributed by atoms with Crippen LogP contribution in [0.3, 0.4) is 0 Å². The second kappa shape index (κ2) is 4.21. The van der Waals surface area contributed by atoms with Gasteiger partial charge in [-0.3, -0.25) is 4.79 Å². The minimum absolute atomic E-state index is 0.0491. The first kappa shape index (κ1) is 11.1. The van der Waals surface area contributed by atoms with Gasteiger partial charge in [0.25, 0.3) is 0 Å². The van der Waals surface area contributed by atoms with E-state index in [2.05, 4.69) is 26.0 Å². The number of carboxylic acids is 1. The molecule has 0 atom stereocenters. The largest absolute Gasteiger partial charge is 0.481 e. The van der Waals surface area contributed by atoms with E-state index in [1.165, 1.54) is 0 Å². The minimum atomic E-state index is -0.839. The van der Waals surface area contributed by atoms with Gasteiger partial charge in [-0.25, -0.2) is 9.50 Å². The van der Waals surface area contributed by atoms with Crippen LogP contribution in [0.4, 0.5) is 0 Å². The molecule has 0 unspecified atom stereocenters. The molecule has 84 valence electrons. The second-order valence-corrected chi connectivity index (χ2v) is 4.41. The Bertz CT molecular complexity index is 550. The molecule has 0 aliphatic carbocycles. The fourth-order valence-electron chi connectivity index (χ4n) is 1.44. The van der Waals surface area contributed by atoms with Crippen molar-refractivity contribution in [2.75, 3.05) is 0 Å². The van der Waals surface area contributed by atoms with Crippen molar-refractivity contribution in [3.05, 3.63) is 28.1 Å². The zero-order valence-corrected chi connectivity index (χ0v) is 10.2. The van der Waals surface area contributed by atoms with Crippen molar-refractivity contribution in [2.24, 2.45) is 0 Å². The Morgan fingerprint density at radius 2 is 2.38 bits per heavy atom. The van der Waals surface area contributed by atoms with E-state index in [0.717, 1.165) is 10.0 Å². The number of carbonyl (C=O) groups is 1. The second-order valence-electron chi connectivity index (χ2n) is 3.56. The summed E-state index contributed by atoms with van der Waals surface area (Å²) in [5, 5.41) is 12.8. The monoisotopic (exact) mass is 283 g/mol. The molecule has 0 radical (unpaired) electrons. The third-order valence-corrected chi connectivity index (χ3v) is 2.72. The van der Waals surface area contributed by atoms with Crippen LogP contribution >= 0.6 is 15.9 Å². The van der Waals surface area contributed by atoms with Crippen LogP contribution < -0.4 is 0 Å². The lowest BCUT2D eigenvalue weighted by molar-refractivity contribution is -0.137. The molecule has 0 aromatic carbocycles. The zero-order valence-electron chi connectivity index (χ0n) is 8.64. The zero-order chi connectivity index (χ0) is 11.7. The topological polar surface area (TPSA) is 67.5 Å². The van der Waals surface area contributed by atoms with Gasteiger partial charge in [0.05, 0.1) is 10.9 Å². The third-order valence-electron chi connectivity index (χ3n) is 2.13. The summed E-state index contributed by atoms with van der Waals surface area (Å²) in [6, 6.07) is 1.95. The Kier molecular flexibility index (Phi) is 2.91. The van der Waals surface area contributed by atoms with Crippen LogP contribution in [0.15, 0.2) is 16.7 Å². The Hall–Kier alpha value is -1.43. The molecular weight excluding hydrogens is 274 g/mol. The molecule has 0 saturated heterocycles. The van der Waals surface area contributed by atoms with Gasteiger partial charge in [0.15, 0.2) is 11.5 Å². The van der Waals surface area contributed by atoms with Crippen molar-refractivity contribution in [3.63, 3.8) is 0 Å². The van der Waals surface area contributed by atoms with Crippen LogP contribution in [-0.4, -0.2) is 25.7 Å². The Labute approximate surface area is 100 Å². The average molecular weight is 284 g/mol. The van der Waals surface area contributed by atoms with Gasteiger partial charge in [0.1, 0.15) is 0 Å². The number of rotatable bonds is 3. The molecule has 2 heterocycles. The number of pyridine rings is 1. The summed E-state index contributed by atoms with van der Waals surface area (Å²) >= 11 is 3.40. The number of fused-ring (bicyclic) bond motifs is 1. The van der Waals surface area contributed by atoms with E-state index in [4.69, 9.17) is 5.11 Å². The fourth-order valence-corrected chi connectivity index (χ4v) is 2.07. The maximum atomic E-state index is 10.4. The molecule has 6 heteroatoms. The van der Waals surface area contributed by atoms with E-state index >= 15 is 0 Å². The molecule has 0 fully saturated rings.